The maximum Gasteiger partial charge on any atom is 0.194 e. The van der Waals surface area contributed by atoms with Crippen LogP contribution in [-0.2, 0) is 4.43 Å². The third-order valence-corrected chi connectivity index (χ3v) is 8.68. The van der Waals surface area contributed by atoms with Crippen LogP contribution in [0.15, 0.2) is 11.6 Å². The van der Waals surface area contributed by atoms with Gasteiger partial charge in [0.05, 0.1) is 6.61 Å². The molecule has 114 valence electrons. The maximum absolute atomic E-state index is 6.54. The first-order valence-electron chi connectivity index (χ1n) is 7.94. The Morgan fingerprint density at radius 2 is 1.21 bits per heavy atom. The third kappa shape index (κ3) is 9.45. The monoisotopic (exact) mass is 284 g/mol. The SMILES string of the molecule is CC(C)=CCO[Si](CC(C)C)(CC(C)C)CC(C)C. The second-order valence-corrected chi connectivity index (χ2v) is 11.4. The highest BCUT2D eigenvalue weighted by Crippen LogP contribution is 2.33. The van der Waals surface area contributed by atoms with E-state index >= 15 is 0 Å². The summed E-state index contributed by atoms with van der Waals surface area (Å²) >= 11 is 0. The molecule has 0 aromatic carbocycles. The van der Waals surface area contributed by atoms with E-state index in [2.05, 4.69) is 61.5 Å². The first-order valence-corrected chi connectivity index (χ1v) is 10.5. The summed E-state index contributed by atoms with van der Waals surface area (Å²) in [5.41, 5.74) is 1.36. The van der Waals surface area contributed by atoms with E-state index < -0.39 is 8.32 Å². The molecule has 0 saturated heterocycles. The highest BCUT2D eigenvalue weighted by atomic mass is 28.4. The molecule has 0 aromatic heterocycles. The van der Waals surface area contributed by atoms with Gasteiger partial charge in [-0.05, 0) is 49.7 Å². The largest absolute Gasteiger partial charge is 0.413 e. The first kappa shape index (κ1) is 18.9. The van der Waals surface area contributed by atoms with E-state index in [1.165, 1.54) is 23.7 Å². The van der Waals surface area contributed by atoms with E-state index in [-0.39, 0.29) is 0 Å². The van der Waals surface area contributed by atoms with Gasteiger partial charge in [-0.1, -0.05) is 53.2 Å². The molecule has 0 rings (SSSR count). The molecule has 0 atom stereocenters. The number of rotatable bonds is 9. The normalized spacial score (nSPS) is 12.6. The van der Waals surface area contributed by atoms with Gasteiger partial charge in [0, 0.05) is 0 Å². The Balaban J connectivity index is 4.93. The summed E-state index contributed by atoms with van der Waals surface area (Å²) in [7, 11) is -1.60. The summed E-state index contributed by atoms with van der Waals surface area (Å²) in [6.07, 6.45) is 2.24. The van der Waals surface area contributed by atoms with Gasteiger partial charge in [0.25, 0.3) is 0 Å². The van der Waals surface area contributed by atoms with Crippen molar-refractivity contribution in [1.29, 1.82) is 0 Å². The zero-order valence-corrected chi connectivity index (χ0v) is 15.5. The van der Waals surface area contributed by atoms with E-state index in [1.807, 2.05) is 0 Å². The molecule has 0 aliphatic rings. The van der Waals surface area contributed by atoms with Crippen molar-refractivity contribution in [2.75, 3.05) is 6.61 Å². The summed E-state index contributed by atoms with van der Waals surface area (Å²) in [6.45, 7) is 19.2. The molecule has 0 unspecified atom stereocenters. The van der Waals surface area contributed by atoms with Crippen molar-refractivity contribution >= 4 is 8.32 Å². The topological polar surface area (TPSA) is 9.23 Å². The van der Waals surface area contributed by atoms with Crippen LogP contribution in [0.2, 0.25) is 18.1 Å². The third-order valence-electron chi connectivity index (χ3n) is 3.22. The summed E-state index contributed by atoms with van der Waals surface area (Å²) in [5.74, 6) is 2.24. The number of hydrogen-bond donors (Lipinski definition) is 0. The van der Waals surface area contributed by atoms with Crippen LogP contribution in [0.4, 0.5) is 0 Å². The Hall–Kier alpha value is -0.0831. The first-order chi connectivity index (χ1) is 8.67. The van der Waals surface area contributed by atoms with Crippen molar-refractivity contribution in [2.45, 2.75) is 73.5 Å². The summed E-state index contributed by atoms with van der Waals surface area (Å²) in [6, 6.07) is 3.92. The minimum Gasteiger partial charge on any atom is -0.413 e. The lowest BCUT2D eigenvalue weighted by atomic mass is 10.2. The molecule has 1 nitrogen and oxygen atoms in total. The van der Waals surface area contributed by atoms with E-state index in [1.54, 1.807) is 0 Å². The zero-order chi connectivity index (χ0) is 15.1. The molecule has 0 fully saturated rings. The maximum atomic E-state index is 6.54. The molecule has 2 heteroatoms. The van der Waals surface area contributed by atoms with Crippen LogP contribution in [0.5, 0.6) is 0 Å². The lowest BCUT2D eigenvalue weighted by molar-refractivity contribution is 0.322. The van der Waals surface area contributed by atoms with Gasteiger partial charge < -0.3 is 4.43 Å². The van der Waals surface area contributed by atoms with Crippen LogP contribution in [0.1, 0.15) is 55.4 Å². The molecule has 0 aromatic rings. The van der Waals surface area contributed by atoms with Gasteiger partial charge in [0.1, 0.15) is 0 Å². The summed E-state index contributed by atoms with van der Waals surface area (Å²) < 4.78 is 6.54. The fourth-order valence-corrected chi connectivity index (χ4v) is 8.80. The highest BCUT2D eigenvalue weighted by molar-refractivity contribution is 6.74. The van der Waals surface area contributed by atoms with Crippen molar-refractivity contribution in [3.63, 3.8) is 0 Å². The molecule has 0 saturated carbocycles. The van der Waals surface area contributed by atoms with Crippen LogP contribution < -0.4 is 0 Å². The molecule has 0 radical (unpaired) electrons. The Kier molecular flexibility index (Phi) is 8.92. The van der Waals surface area contributed by atoms with Crippen LogP contribution >= 0.6 is 0 Å². The highest BCUT2D eigenvalue weighted by Gasteiger charge is 2.36. The van der Waals surface area contributed by atoms with Gasteiger partial charge >= 0.3 is 0 Å². The van der Waals surface area contributed by atoms with Gasteiger partial charge in [-0.15, -0.1) is 0 Å². The van der Waals surface area contributed by atoms with E-state index in [4.69, 9.17) is 4.43 Å². The van der Waals surface area contributed by atoms with Crippen LogP contribution in [-0.4, -0.2) is 14.9 Å². The van der Waals surface area contributed by atoms with Gasteiger partial charge in [-0.3, -0.25) is 0 Å². The van der Waals surface area contributed by atoms with Gasteiger partial charge in [0.2, 0.25) is 0 Å². The molecule has 0 bridgehead atoms. The minimum absolute atomic E-state index is 0.746. The zero-order valence-electron chi connectivity index (χ0n) is 14.5. The van der Waals surface area contributed by atoms with Crippen molar-refractivity contribution in [3.8, 4) is 0 Å². The fourth-order valence-electron chi connectivity index (χ4n) is 3.04. The van der Waals surface area contributed by atoms with Crippen molar-refractivity contribution in [1.82, 2.24) is 0 Å². The van der Waals surface area contributed by atoms with Crippen molar-refractivity contribution in [3.05, 3.63) is 11.6 Å². The molecule has 19 heavy (non-hydrogen) atoms. The van der Waals surface area contributed by atoms with E-state index in [0.29, 0.717) is 0 Å². The standard InChI is InChI=1S/C17H36OSi/c1-14(2)9-10-18-19(11-15(3)4,12-16(5)6)13-17(7)8/h9,15-17H,10-13H2,1-8H3. The van der Waals surface area contributed by atoms with E-state index in [9.17, 15) is 0 Å². The van der Waals surface area contributed by atoms with Gasteiger partial charge in [0.15, 0.2) is 8.32 Å². The fraction of sp³-hybridized carbons (Fsp3) is 0.882. The second kappa shape index (κ2) is 8.96. The van der Waals surface area contributed by atoms with E-state index in [0.717, 1.165) is 24.4 Å². The lowest BCUT2D eigenvalue weighted by Gasteiger charge is -2.35. The minimum atomic E-state index is -1.60. The van der Waals surface area contributed by atoms with Crippen molar-refractivity contribution in [2.24, 2.45) is 17.8 Å². The molecule has 0 aliphatic heterocycles. The van der Waals surface area contributed by atoms with Crippen LogP contribution in [0, 0.1) is 17.8 Å². The summed E-state index contributed by atoms with van der Waals surface area (Å²) in [5, 5.41) is 0. The average molecular weight is 285 g/mol. The molecule has 0 spiro atoms. The Morgan fingerprint density at radius 3 is 1.47 bits per heavy atom. The van der Waals surface area contributed by atoms with Gasteiger partial charge in [-0.25, -0.2) is 0 Å². The van der Waals surface area contributed by atoms with Gasteiger partial charge in [-0.2, -0.15) is 0 Å². The van der Waals surface area contributed by atoms with Crippen LogP contribution in [0.25, 0.3) is 0 Å². The quantitative estimate of drug-likeness (QED) is 0.379. The van der Waals surface area contributed by atoms with Crippen molar-refractivity contribution < 1.29 is 4.43 Å². The molecule has 0 N–H and O–H groups in total. The summed E-state index contributed by atoms with van der Waals surface area (Å²) in [4.78, 5) is 0. The number of allylic oxidation sites excluding steroid dienone is 1. The molecular weight excluding hydrogens is 248 g/mol. The molecule has 0 amide bonds. The Labute approximate surface area is 123 Å². The number of hydrogen-bond acceptors (Lipinski definition) is 1. The lowest BCUT2D eigenvalue weighted by Crippen LogP contribution is -2.42. The predicted octanol–water partition coefficient (Wildman–Crippen LogP) is 5.88. The molecular formula is C17H36OSi. The predicted molar refractivity (Wildman–Crippen MR) is 90.1 cm³/mol. The average Bonchev–Trinajstić information content (AvgIpc) is 2.12. The molecule has 0 heterocycles. The Bertz CT molecular complexity index is 236. The van der Waals surface area contributed by atoms with Crippen LogP contribution in [0.3, 0.4) is 0 Å². The molecule has 0 aliphatic carbocycles. The smallest absolute Gasteiger partial charge is 0.194 e. The second-order valence-electron chi connectivity index (χ2n) is 7.57. The Morgan fingerprint density at radius 1 is 0.842 bits per heavy atom.